The number of aromatic nitrogens is 1. The van der Waals surface area contributed by atoms with E-state index in [4.69, 9.17) is 0 Å². The fourth-order valence-electron chi connectivity index (χ4n) is 1.99. The average molecular weight is 222 g/mol. The molecule has 0 radical (unpaired) electrons. The summed E-state index contributed by atoms with van der Waals surface area (Å²) in [6, 6.07) is 15.7. The molecule has 0 atom stereocenters. The van der Waals surface area contributed by atoms with Gasteiger partial charge in [0, 0.05) is 16.5 Å². The van der Waals surface area contributed by atoms with E-state index in [9.17, 15) is 4.79 Å². The van der Waals surface area contributed by atoms with Crippen LogP contribution in [0.3, 0.4) is 0 Å². The predicted molar refractivity (Wildman–Crippen MR) is 68.9 cm³/mol. The lowest BCUT2D eigenvalue weighted by atomic mass is 10.1. The van der Waals surface area contributed by atoms with Crippen LogP contribution < -0.4 is 5.32 Å². The molecule has 0 aliphatic heterocycles. The normalized spacial score (nSPS) is 10.6. The first-order chi connectivity index (χ1) is 8.38. The fraction of sp³-hybridized carbons (Fsp3) is 0. The molecule has 1 amide bonds. The summed E-state index contributed by atoms with van der Waals surface area (Å²) in [6.45, 7) is 0. The van der Waals surface area contributed by atoms with E-state index in [2.05, 4.69) is 10.3 Å². The molecule has 0 unspecified atom stereocenters. The lowest BCUT2D eigenvalue weighted by Gasteiger charge is -2.06. The maximum Gasteiger partial charge on any atom is 0.211 e. The van der Waals surface area contributed by atoms with Gasteiger partial charge in [-0.1, -0.05) is 24.3 Å². The number of carbonyl (C=O) groups excluding carboxylic acids is 1. The summed E-state index contributed by atoms with van der Waals surface area (Å²) in [5.41, 5.74) is 2.63. The van der Waals surface area contributed by atoms with Crippen LogP contribution in [0.4, 0.5) is 5.69 Å². The molecule has 1 heterocycles. The summed E-state index contributed by atoms with van der Waals surface area (Å²) < 4.78 is 0. The van der Waals surface area contributed by atoms with Crippen LogP contribution in [0.15, 0.2) is 48.5 Å². The molecule has 82 valence electrons. The van der Waals surface area contributed by atoms with Gasteiger partial charge in [0.1, 0.15) is 0 Å². The van der Waals surface area contributed by atoms with Gasteiger partial charge in [-0.15, -0.1) is 0 Å². The maximum absolute atomic E-state index is 10.6. The van der Waals surface area contributed by atoms with Gasteiger partial charge in [-0.3, -0.25) is 4.79 Å². The van der Waals surface area contributed by atoms with E-state index in [0.29, 0.717) is 6.41 Å². The Morgan fingerprint density at radius 2 is 1.82 bits per heavy atom. The molecule has 3 heteroatoms. The van der Waals surface area contributed by atoms with E-state index in [1.165, 1.54) is 0 Å². The third kappa shape index (κ3) is 1.61. The second kappa shape index (κ2) is 3.87. The fourth-order valence-corrected chi connectivity index (χ4v) is 1.99. The molecule has 0 saturated heterocycles. The molecule has 2 aromatic carbocycles. The van der Waals surface area contributed by atoms with Crippen LogP contribution in [0.5, 0.6) is 0 Å². The van der Waals surface area contributed by atoms with Gasteiger partial charge in [0.05, 0.1) is 11.0 Å². The Balaban J connectivity index is 2.39. The molecule has 0 saturated carbocycles. The number of pyridine rings is 1. The standard InChI is InChI=1S/C14H10N2O/c17-9-15-13-6-3-7-14-11(13)8-10-4-1-2-5-12(10)16-14/h1-9H,(H,15,17). The Morgan fingerprint density at radius 3 is 2.71 bits per heavy atom. The monoisotopic (exact) mass is 222 g/mol. The number of benzene rings is 2. The minimum absolute atomic E-state index is 0.684. The Hall–Kier alpha value is -2.42. The Morgan fingerprint density at radius 1 is 1.00 bits per heavy atom. The molecule has 0 aliphatic carbocycles. The highest BCUT2D eigenvalue weighted by Gasteiger charge is 2.03. The molecule has 1 N–H and O–H groups in total. The van der Waals surface area contributed by atoms with Crippen LogP contribution in [0.1, 0.15) is 0 Å². The molecule has 0 aliphatic rings. The summed E-state index contributed by atoms with van der Waals surface area (Å²) >= 11 is 0. The molecule has 1 aromatic heterocycles. The molecular formula is C14H10N2O. The molecule has 3 nitrogen and oxygen atoms in total. The van der Waals surface area contributed by atoms with Gasteiger partial charge in [0.2, 0.25) is 6.41 Å². The van der Waals surface area contributed by atoms with Crippen molar-refractivity contribution in [2.24, 2.45) is 0 Å². The first-order valence-corrected chi connectivity index (χ1v) is 5.37. The molecule has 3 aromatic rings. The third-order valence-electron chi connectivity index (χ3n) is 2.78. The van der Waals surface area contributed by atoms with Crippen molar-refractivity contribution in [2.45, 2.75) is 0 Å². The largest absolute Gasteiger partial charge is 0.328 e. The number of nitrogens with one attached hydrogen (secondary N) is 1. The van der Waals surface area contributed by atoms with Crippen LogP contribution in [0, 0.1) is 0 Å². The minimum Gasteiger partial charge on any atom is -0.328 e. The smallest absolute Gasteiger partial charge is 0.211 e. The summed E-state index contributed by atoms with van der Waals surface area (Å²) in [4.78, 5) is 15.1. The lowest BCUT2D eigenvalue weighted by molar-refractivity contribution is -0.105. The van der Waals surface area contributed by atoms with Crippen LogP contribution in [-0.2, 0) is 4.79 Å². The van der Waals surface area contributed by atoms with E-state index < -0.39 is 0 Å². The zero-order valence-electron chi connectivity index (χ0n) is 9.05. The zero-order valence-corrected chi connectivity index (χ0v) is 9.05. The van der Waals surface area contributed by atoms with Crippen molar-refractivity contribution in [1.29, 1.82) is 0 Å². The van der Waals surface area contributed by atoms with Gasteiger partial charge in [0.15, 0.2) is 0 Å². The van der Waals surface area contributed by atoms with Crippen LogP contribution >= 0.6 is 0 Å². The van der Waals surface area contributed by atoms with Crippen molar-refractivity contribution in [3.8, 4) is 0 Å². The van der Waals surface area contributed by atoms with Crippen LogP contribution in [-0.4, -0.2) is 11.4 Å². The summed E-state index contributed by atoms with van der Waals surface area (Å²) in [6.07, 6.45) is 0.684. The van der Waals surface area contributed by atoms with Crippen LogP contribution in [0.25, 0.3) is 21.8 Å². The molecule has 3 rings (SSSR count). The van der Waals surface area contributed by atoms with Crippen LogP contribution in [0.2, 0.25) is 0 Å². The number of para-hydroxylation sites is 1. The minimum atomic E-state index is 0.684. The van der Waals surface area contributed by atoms with Gasteiger partial charge in [-0.25, -0.2) is 4.98 Å². The Labute approximate surface area is 98.1 Å². The molecule has 0 fully saturated rings. The highest BCUT2D eigenvalue weighted by atomic mass is 16.1. The number of nitrogens with zero attached hydrogens (tertiary/aromatic N) is 1. The predicted octanol–water partition coefficient (Wildman–Crippen LogP) is 2.96. The first kappa shape index (κ1) is 9.78. The van der Waals surface area contributed by atoms with Crippen molar-refractivity contribution >= 4 is 33.9 Å². The number of hydrogen-bond donors (Lipinski definition) is 1. The quantitative estimate of drug-likeness (QED) is 0.535. The van der Waals surface area contributed by atoms with Gasteiger partial charge in [0.25, 0.3) is 0 Å². The van der Waals surface area contributed by atoms with Crippen molar-refractivity contribution in [3.05, 3.63) is 48.5 Å². The second-order valence-electron chi connectivity index (χ2n) is 3.82. The van der Waals surface area contributed by atoms with E-state index >= 15 is 0 Å². The number of carbonyl (C=O) groups is 1. The number of rotatable bonds is 2. The molecule has 17 heavy (non-hydrogen) atoms. The Kier molecular flexibility index (Phi) is 2.22. The van der Waals surface area contributed by atoms with Gasteiger partial charge >= 0.3 is 0 Å². The maximum atomic E-state index is 10.6. The van der Waals surface area contributed by atoms with Crippen molar-refractivity contribution in [2.75, 3.05) is 5.32 Å². The number of anilines is 1. The molecule has 0 bridgehead atoms. The molecule has 0 spiro atoms. The first-order valence-electron chi connectivity index (χ1n) is 5.37. The Bertz CT molecular complexity index is 707. The average Bonchev–Trinajstić information content (AvgIpc) is 2.37. The lowest BCUT2D eigenvalue weighted by Crippen LogP contribution is -1.95. The van der Waals surface area contributed by atoms with Gasteiger partial charge < -0.3 is 5.32 Å². The van der Waals surface area contributed by atoms with Gasteiger partial charge in [-0.05, 0) is 24.3 Å². The summed E-state index contributed by atoms with van der Waals surface area (Å²) in [5.74, 6) is 0. The summed E-state index contributed by atoms with van der Waals surface area (Å²) in [5, 5.41) is 4.72. The number of hydrogen-bond acceptors (Lipinski definition) is 2. The van der Waals surface area contributed by atoms with Crippen molar-refractivity contribution < 1.29 is 4.79 Å². The topological polar surface area (TPSA) is 42.0 Å². The second-order valence-corrected chi connectivity index (χ2v) is 3.82. The molecular weight excluding hydrogens is 212 g/mol. The van der Waals surface area contributed by atoms with Crippen molar-refractivity contribution in [1.82, 2.24) is 4.98 Å². The van der Waals surface area contributed by atoms with E-state index in [0.717, 1.165) is 27.5 Å². The van der Waals surface area contributed by atoms with Crippen molar-refractivity contribution in [3.63, 3.8) is 0 Å². The summed E-state index contributed by atoms with van der Waals surface area (Å²) in [7, 11) is 0. The SMILES string of the molecule is O=CNc1cccc2nc3ccccc3cc12. The third-order valence-corrected chi connectivity index (χ3v) is 2.78. The zero-order chi connectivity index (χ0) is 11.7. The highest BCUT2D eigenvalue weighted by Crippen LogP contribution is 2.25. The van der Waals surface area contributed by atoms with E-state index in [1.54, 1.807) is 0 Å². The van der Waals surface area contributed by atoms with Gasteiger partial charge in [-0.2, -0.15) is 0 Å². The van der Waals surface area contributed by atoms with E-state index in [-0.39, 0.29) is 0 Å². The number of amides is 1. The van der Waals surface area contributed by atoms with E-state index in [1.807, 2.05) is 48.5 Å². The highest BCUT2D eigenvalue weighted by molar-refractivity contribution is 6.01. The number of fused-ring (bicyclic) bond motifs is 2.